The molecule has 3 aromatic rings. The first-order valence-electron chi connectivity index (χ1n) is 12.9. The molecule has 0 saturated carbocycles. The molecule has 2 saturated heterocycles. The number of rotatable bonds is 6. The largest absolute Gasteiger partial charge is 0.453 e. The fraction of sp³-hybridized carbons (Fsp3) is 0.414. The second kappa shape index (κ2) is 9.32. The standard InChI is InChI=1S/C29H33N3O2S/c1-3-30(4-2)29(33)20-11-14-26-28(16-20)34-27-10-6-5-9-25(27)32(26)23-17-21-12-13-22(18-23)31(21)19-24-8-7-15-35-24/h5-11,14-16,21-23H,3-4,12-13,17-19H2,1-2H3. The number of amides is 1. The number of carbonyl (C=O) groups is 1. The van der Waals surface area contributed by atoms with Crippen LogP contribution in [0, 0.1) is 0 Å². The lowest BCUT2D eigenvalue weighted by Crippen LogP contribution is -2.49. The monoisotopic (exact) mass is 487 g/mol. The van der Waals surface area contributed by atoms with Crippen LogP contribution in [0.3, 0.4) is 0 Å². The minimum Gasteiger partial charge on any atom is -0.453 e. The highest BCUT2D eigenvalue weighted by Gasteiger charge is 2.44. The van der Waals surface area contributed by atoms with E-state index in [1.165, 1.54) is 17.7 Å². The van der Waals surface area contributed by atoms with Crippen molar-refractivity contribution in [1.82, 2.24) is 9.80 Å². The summed E-state index contributed by atoms with van der Waals surface area (Å²) >= 11 is 1.87. The zero-order valence-corrected chi connectivity index (χ0v) is 21.3. The highest BCUT2D eigenvalue weighted by Crippen LogP contribution is 2.51. The molecule has 1 amide bonds. The van der Waals surface area contributed by atoms with Gasteiger partial charge in [-0.15, -0.1) is 11.3 Å². The molecule has 182 valence electrons. The number of para-hydroxylation sites is 2. The summed E-state index contributed by atoms with van der Waals surface area (Å²) in [7, 11) is 0. The lowest BCUT2D eigenvalue weighted by Gasteiger charge is -2.46. The van der Waals surface area contributed by atoms with Gasteiger partial charge in [-0.2, -0.15) is 0 Å². The molecule has 1 aromatic heterocycles. The lowest BCUT2D eigenvalue weighted by molar-refractivity contribution is 0.0772. The summed E-state index contributed by atoms with van der Waals surface area (Å²) in [6.07, 6.45) is 4.86. The third kappa shape index (κ3) is 4.03. The smallest absolute Gasteiger partial charge is 0.253 e. The molecule has 4 heterocycles. The molecule has 2 atom stereocenters. The number of thiophene rings is 1. The SMILES string of the molecule is CCN(CC)C(=O)c1ccc2c(c1)Oc1ccccc1N2C1CC2CCC(C1)N2Cc1cccs1. The van der Waals surface area contributed by atoms with Gasteiger partial charge in [0.15, 0.2) is 11.5 Å². The van der Waals surface area contributed by atoms with Crippen LogP contribution >= 0.6 is 11.3 Å². The molecule has 5 nitrogen and oxygen atoms in total. The zero-order chi connectivity index (χ0) is 23.9. The van der Waals surface area contributed by atoms with E-state index in [1.807, 2.05) is 54.3 Å². The molecule has 35 heavy (non-hydrogen) atoms. The van der Waals surface area contributed by atoms with Crippen molar-refractivity contribution in [2.24, 2.45) is 0 Å². The first-order valence-corrected chi connectivity index (χ1v) is 13.8. The Morgan fingerprint density at radius 3 is 2.40 bits per heavy atom. The summed E-state index contributed by atoms with van der Waals surface area (Å²) in [5.41, 5.74) is 2.91. The van der Waals surface area contributed by atoms with E-state index in [4.69, 9.17) is 4.74 Å². The Labute approximate surface area is 211 Å². The van der Waals surface area contributed by atoms with Crippen molar-refractivity contribution < 1.29 is 9.53 Å². The van der Waals surface area contributed by atoms with E-state index in [2.05, 4.69) is 45.5 Å². The van der Waals surface area contributed by atoms with Crippen LogP contribution in [0.1, 0.15) is 54.8 Å². The molecule has 2 fully saturated rings. The Morgan fingerprint density at radius 2 is 1.69 bits per heavy atom. The van der Waals surface area contributed by atoms with Crippen molar-refractivity contribution in [2.75, 3.05) is 18.0 Å². The predicted octanol–water partition coefficient (Wildman–Crippen LogP) is 6.67. The first-order chi connectivity index (χ1) is 17.2. The number of ether oxygens (including phenoxy) is 1. The number of hydrogen-bond acceptors (Lipinski definition) is 5. The minimum absolute atomic E-state index is 0.0618. The maximum Gasteiger partial charge on any atom is 0.253 e. The van der Waals surface area contributed by atoms with Crippen molar-refractivity contribution >= 4 is 28.6 Å². The molecular weight excluding hydrogens is 454 g/mol. The molecule has 3 aliphatic rings. The summed E-state index contributed by atoms with van der Waals surface area (Å²) in [5, 5.41) is 2.19. The van der Waals surface area contributed by atoms with Crippen molar-refractivity contribution in [1.29, 1.82) is 0 Å². The van der Waals surface area contributed by atoms with Crippen molar-refractivity contribution in [2.45, 2.75) is 64.2 Å². The molecule has 0 spiro atoms. The number of nitrogens with zero attached hydrogens (tertiary/aromatic N) is 3. The number of piperidine rings is 1. The lowest BCUT2D eigenvalue weighted by atomic mass is 9.93. The van der Waals surface area contributed by atoms with Gasteiger partial charge in [-0.3, -0.25) is 9.69 Å². The first kappa shape index (κ1) is 22.6. The summed E-state index contributed by atoms with van der Waals surface area (Å²) in [5.74, 6) is 1.72. The highest BCUT2D eigenvalue weighted by atomic mass is 32.1. The molecule has 2 aromatic carbocycles. The number of carbonyl (C=O) groups excluding carboxylic acids is 1. The topological polar surface area (TPSA) is 36.0 Å². The number of hydrogen-bond donors (Lipinski definition) is 0. The van der Waals surface area contributed by atoms with Gasteiger partial charge in [-0.05, 0) is 81.3 Å². The van der Waals surface area contributed by atoms with Crippen LogP contribution in [0.15, 0.2) is 60.0 Å². The predicted molar refractivity (Wildman–Crippen MR) is 142 cm³/mol. The van der Waals surface area contributed by atoms with Crippen LogP contribution in [-0.2, 0) is 6.54 Å². The molecule has 2 bridgehead atoms. The van der Waals surface area contributed by atoms with E-state index in [0.717, 1.165) is 42.3 Å². The summed E-state index contributed by atoms with van der Waals surface area (Å²) < 4.78 is 6.38. The van der Waals surface area contributed by atoms with Crippen LogP contribution in [0.5, 0.6) is 11.5 Å². The zero-order valence-electron chi connectivity index (χ0n) is 20.5. The quantitative estimate of drug-likeness (QED) is 0.389. The molecule has 2 unspecified atom stereocenters. The molecule has 0 N–H and O–H groups in total. The third-order valence-electron chi connectivity index (χ3n) is 8.00. The summed E-state index contributed by atoms with van der Waals surface area (Å²) in [6, 6.07) is 20.4. The second-order valence-electron chi connectivity index (χ2n) is 9.86. The Hall–Kier alpha value is -2.83. The van der Waals surface area contributed by atoms with Gasteiger partial charge in [0, 0.05) is 48.2 Å². The summed E-state index contributed by atoms with van der Waals surface area (Å²) in [6.45, 7) is 6.53. The Balaban J connectivity index is 1.32. The molecule has 6 heteroatoms. The van der Waals surface area contributed by atoms with Gasteiger partial charge in [0.2, 0.25) is 0 Å². The van der Waals surface area contributed by atoms with Gasteiger partial charge in [-0.25, -0.2) is 0 Å². The van der Waals surface area contributed by atoms with Crippen molar-refractivity contribution in [3.8, 4) is 11.5 Å². The van der Waals surface area contributed by atoms with Crippen LogP contribution in [0.2, 0.25) is 0 Å². The second-order valence-corrected chi connectivity index (χ2v) is 10.9. The fourth-order valence-corrected chi connectivity index (χ4v) is 7.02. The van der Waals surface area contributed by atoms with Gasteiger partial charge >= 0.3 is 0 Å². The Morgan fingerprint density at radius 1 is 0.943 bits per heavy atom. The maximum absolute atomic E-state index is 13.0. The van der Waals surface area contributed by atoms with Crippen LogP contribution < -0.4 is 9.64 Å². The average molecular weight is 488 g/mol. The fourth-order valence-electron chi connectivity index (χ4n) is 6.30. The highest BCUT2D eigenvalue weighted by molar-refractivity contribution is 7.09. The molecular formula is C29H33N3O2S. The Kier molecular flexibility index (Phi) is 6.02. The molecule has 6 rings (SSSR count). The average Bonchev–Trinajstić information content (AvgIpc) is 3.47. The third-order valence-corrected chi connectivity index (χ3v) is 8.87. The minimum atomic E-state index is 0.0618. The number of fused-ring (bicyclic) bond motifs is 4. The summed E-state index contributed by atoms with van der Waals surface area (Å²) in [4.78, 5) is 21.6. The Bertz CT molecular complexity index is 1190. The number of anilines is 2. The van der Waals surface area contributed by atoms with E-state index in [9.17, 15) is 4.79 Å². The van der Waals surface area contributed by atoms with Gasteiger partial charge in [0.25, 0.3) is 5.91 Å². The van der Waals surface area contributed by atoms with E-state index < -0.39 is 0 Å². The van der Waals surface area contributed by atoms with Crippen molar-refractivity contribution in [3.63, 3.8) is 0 Å². The van der Waals surface area contributed by atoms with Gasteiger partial charge in [0.1, 0.15) is 0 Å². The van der Waals surface area contributed by atoms with Gasteiger partial charge in [-0.1, -0.05) is 18.2 Å². The van der Waals surface area contributed by atoms with Crippen LogP contribution in [0.25, 0.3) is 0 Å². The van der Waals surface area contributed by atoms with Gasteiger partial charge < -0.3 is 14.5 Å². The van der Waals surface area contributed by atoms with Crippen LogP contribution in [0.4, 0.5) is 11.4 Å². The van der Waals surface area contributed by atoms with E-state index >= 15 is 0 Å². The number of benzene rings is 2. The van der Waals surface area contributed by atoms with Crippen LogP contribution in [-0.4, -0.2) is 46.9 Å². The molecule has 0 radical (unpaired) electrons. The van der Waals surface area contributed by atoms with E-state index in [-0.39, 0.29) is 5.91 Å². The van der Waals surface area contributed by atoms with E-state index in [0.29, 0.717) is 36.8 Å². The van der Waals surface area contributed by atoms with Crippen molar-refractivity contribution in [3.05, 3.63) is 70.4 Å². The maximum atomic E-state index is 13.0. The van der Waals surface area contributed by atoms with Gasteiger partial charge in [0.05, 0.1) is 11.4 Å². The van der Waals surface area contributed by atoms with E-state index in [1.54, 1.807) is 0 Å². The molecule has 3 aliphatic heterocycles. The normalized spacial score (nSPS) is 22.9. The molecule has 0 aliphatic carbocycles.